The minimum absolute atomic E-state index is 0.0129. The zero-order chi connectivity index (χ0) is 11.7. The summed E-state index contributed by atoms with van der Waals surface area (Å²) in [5.74, 6) is -0.793. The zero-order valence-electron chi connectivity index (χ0n) is 8.92. The van der Waals surface area contributed by atoms with Crippen molar-refractivity contribution in [1.82, 2.24) is 5.32 Å². The highest BCUT2D eigenvalue weighted by atomic mass is 19.1. The van der Waals surface area contributed by atoms with Crippen molar-refractivity contribution in [3.8, 4) is 0 Å². The van der Waals surface area contributed by atoms with Crippen LogP contribution in [0.15, 0.2) is 18.2 Å². The van der Waals surface area contributed by atoms with E-state index in [4.69, 9.17) is 0 Å². The monoisotopic (exact) mass is 221 g/mol. The molecule has 1 saturated heterocycles. The summed E-state index contributed by atoms with van der Waals surface area (Å²) < 4.78 is 13.5. The molecule has 1 N–H and O–H groups in total. The second-order valence-electron chi connectivity index (χ2n) is 4.00. The minimum atomic E-state index is -0.510. The third kappa shape index (κ3) is 1.96. The molecule has 1 aliphatic heterocycles. The predicted octanol–water partition coefficient (Wildman–Crippen LogP) is 1.63. The Kier molecular flexibility index (Phi) is 2.73. The van der Waals surface area contributed by atoms with Gasteiger partial charge >= 0.3 is 0 Å². The van der Waals surface area contributed by atoms with Gasteiger partial charge in [0.25, 0.3) is 0 Å². The number of nitrogens with one attached hydrogen (secondary N) is 1. The van der Waals surface area contributed by atoms with Crippen LogP contribution >= 0.6 is 0 Å². The molecule has 16 heavy (non-hydrogen) atoms. The fourth-order valence-electron chi connectivity index (χ4n) is 1.91. The Labute approximate surface area is 92.7 Å². The molecule has 1 heterocycles. The second-order valence-corrected chi connectivity index (χ2v) is 4.00. The predicted molar refractivity (Wildman–Crippen MR) is 56.8 cm³/mol. The highest BCUT2D eigenvalue weighted by molar-refractivity contribution is 5.94. The summed E-state index contributed by atoms with van der Waals surface area (Å²) in [7, 11) is 0. The fraction of sp³-hybridized carbons (Fsp3) is 0.333. The molecule has 0 unspecified atom stereocenters. The van der Waals surface area contributed by atoms with Crippen molar-refractivity contribution in [2.75, 3.05) is 6.54 Å². The molecule has 1 amide bonds. The largest absolute Gasteiger partial charge is 0.355 e. The Morgan fingerprint density at radius 2 is 2.25 bits per heavy atom. The molecule has 0 aromatic heterocycles. The highest BCUT2D eigenvalue weighted by Gasteiger charge is 2.23. The number of rotatable bonds is 2. The van der Waals surface area contributed by atoms with Gasteiger partial charge in [-0.1, -0.05) is 6.07 Å². The van der Waals surface area contributed by atoms with E-state index in [1.807, 2.05) is 0 Å². The molecule has 0 bridgehead atoms. The summed E-state index contributed by atoms with van der Waals surface area (Å²) in [5, 5.41) is 2.70. The van der Waals surface area contributed by atoms with Gasteiger partial charge in [-0.3, -0.25) is 9.59 Å². The molecule has 1 aliphatic rings. The summed E-state index contributed by atoms with van der Waals surface area (Å²) in [6.07, 6.45) is 0.388. The lowest BCUT2D eigenvalue weighted by Gasteiger charge is -2.08. The maximum Gasteiger partial charge on any atom is 0.220 e. The average Bonchev–Trinajstić information content (AvgIpc) is 2.64. The van der Waals surface area contributed by atoms with E-state index in [9.17, 15) is 14.0 Å². The first-order chi connectivity index (χ1) is 7.58. The molecule has 2 rings (SSSR count). The van der Waals surface area contributed by atoms with E-state index in [0.29, 0.717) is 13.0 Å². The molecular formula is C12H12FNO2. The van der Waals surface area contributed by atoms with Crippen LogP contribution in [0.4, 0.5) is 4.39 Å². The van der Waals surface area contributed by atoms with Crippen molar-refractivity contribution in [2.24, 2.45) is 0 Å². The first-order valence-electron chi connectivity index (χ1n) is 5.15. The SMILES string of the molecule is CC(=O)c1ccc([C@@H]2CNC(=O)C2)cc1F. The number of hydrogen-bond acceptors (Lipinski definition) is 2. The van der Waals surface area contributed by atoms with Gasteiger partial charge in [0.05, 0.1) is 5.56 Å². The minimum Gasteiger partial charge on any atom is -0.355 e. The Hall–Kier alpha value is -1.71. The molecule has 0 spiro atoms. The lowest BCUT2D eigenvalue weighted by molar-refractivity contribution is -0.119. The Morgan fingerprint density at radius 3 is 2.75 bits per heavy atom. The van der Waals surface area contributed by atoms with Crippen LogP contribution < -0.4 is 5.32 Å². The number of ketones is 1. The van der Waals surface area contributed by atoms with Crippen LogP contribution in [0.5, 0.6) is 0 Å². The summed E-state index contributed by atoms with van der Waals surface area (Å²) in [6.45, 7) is 1.87. The van der Waals surface area contributed by atoms with Gasteiger partial charge in [-0.15, -0.1) is 0 Å². The fourth-order valence-corrected chi connectivity index (χ4v) is 1.91. The van der Waals surface area contributed by atoms with Crippen LogP contribution in [-0.4, -0.2) is 18.2 Å². The van der Waals surface area contributed by atoms with Crippen molar-refractivity contribution in [1.29, 1.82) is 0 Å². The van der Waals surface area contributed by atoms with Gasteiger partial charge in [-0.25, -0.2) is 4.39 Å². The summed E-state index contributed by atoms with van der Waals surface area (Å²) in [4.78, 5) is 22.1. The number of carbonyl (C=O) groups is 2. The lowest BCUT2D eigenvalue weighted by Crippen LogP contribution is -2.13. The van der Waals surface area contributed by atoms with Gasteiger partial charge in [0.15, 0.2) is 5.78 Å². The molecule has 3 nitrogen and oxygen atoms in total. The second kappa shape index (κ2) is 4.04. The summed E-state index contributed by atoms with van der Waals surface area (Å²) >= 11 is 0. The molecule has 1 atom stereocenters. The molecular weight excluding hydrogens is 209 g/mol. The van der Waals surface area contributed by atoms with Crippen LogP contribution in [-0.2, 0) is 4.79 Å². The Bertz CT molecular complexity index is 456. The van der Waals surface area contributed by atoms with Gasteiger partial charge in [0.2, 0.25) is 5.91 Å². The van der Waals surface area contributed by atoms with Gasteiger partial charge in [0.1, 0.15) is 5.82 Å². The first kappa shape index (κ1) is 10.8. The highest BCUT2D eigenvalue weighted by Crippen LogP contribution is 2.24. The standard InChI is InChI=1S/C12H12FNO2/c1-7(15)10-3-2-8(4-11(10)13)9-5-12(16)14-6-9/h2-4,9H,5-6H2,1H3,(H,14,16)/t9-/m0/s1. The lowest BCUT2D eigenvalue weighted by atomic mass is 9.96. The topological polar surface area (TPSA) is 46.2 Å². The number of halogens is 1. The number of benzene rings is 1. The quantitative estimate of drug-likeness (QED) is 0.771. The zero-order valence-corrected chi connectivity index (χ0v) is 8.92. The molecule has 84 valence electrons. The summed E-state index contributed by atoms with van der Waals surface area (Å²) in [5.41, 5.74) is 0.863. The molecule has 1 fully saturated rings. The van der Waals surface area contributed by atoms with E-state index in [0.717, 1.165) is 5.56 Å². The van der Waals surface area contributed by atoms with Crippen molar-refractivity contribution < 1.29 is 14.0 Å². The van der Waals surface area contributed by atoms with Crippen LogP contribution in [0.25, 0.3) is 0 Å². The maximum absolute atomic E-state index is 13.5. The Balaban J connectivity index is 2.27. The smallest absolute Gasteiger partial charge is 0.220 e. The first-order valence-corrected chi connectivity index (χ1v) is 5.15. The van der Waals surface area contributed by atoms with Gasteiger partial charge in [-0.05, 0) is 24.6 Å². The van der Waals surface area contributed by atoms with Crippen molar-refractivity contribution in [3.05, 3.63) is 35.1 Å². The van der Waals surface area contributed by atoms with Gasteiger partial charge in [0, 0.05) is 18.9 Å². The van der Waals surface area contributed by atoms with Crippen LogP contribution in [0.3, 0.4) is 0 Å². The van der Waals surface area contributed by atoms with E-state index in [2.05, 4.69) is 5.32 Å². The third-order valence-corrected chi connectivity index (χ3v) is 2.82. The van der Waals surface area contributed by atoms with Crippen LogP contribution in [0.1, 0.15) is 35.2 Å². The molecule has 0 saturated carbocycles. The molecule has 1 aromatic carbocycles. The average molecular weight is 221 g/mol. The van der Waals surface area contributed by atoms with Crippen LogP contribution in [0.2, 0.25) is 0 Å². The van der Waals surface area contributed by atoms with Gasteiger partial charge < -0.3 is 5.32 Å². The van der Waals surface area contributed by atoms with E-state index >= 15 is 0 Å². The van der Waals surface area contributed by atoms with E-state index in [1.165, 1.54) is 19.1 Å². The number of amides is 1. The van der Waals surface area contributed by atoms with E-state index < -0.39 is 5.82 Å². The van der Waals surface area contributed by atoms with Crippen LogP contribution in [0, 0.1) is 5.82 Å². The van der Waals surface area contributed by atoms with Crippen molar-refractivity contribution >= 4 is 11.7 Å². The Morgan fingerprint density at radius 1 is 1.50 bits per heavy atom. The molecule has 0 radical (unpaired) electrons. The number of carbonyl (C=O) groups excluding carboxylic acids is 2. The maximum atomic E-state index is 13.5. The van der Waals surface area contributed by atoms with E-state index in [1.54, 1.807) is 6.07 Å². The van der Waals surface area contributed by atoms with Gasteiger partial charge in [-0.2, -0.15) is 0 Å². The molecule has 4 heteroatoms. The van der Waals surface area contributed by atoms with Crippen molar-refractivity contribution in [3.63, 3.8) is 0 Å². The molecule has 0 aliphatic carbocycles. The van der Waals surface area contributed by atoms with E-state index in [-0.39, 0.29) is 23.2 Å². The van der Waals surface area contributed by atoms with Crippen molar-refractivity contribution in [2.45, 2.75) is 19.3 Å². The number of hydrogen-bond donors (Lipinski definition) is 1. The normalized spacial score (nSPS) is 19.6. The third-order valence-electron chi connectivity index (χ3n) is 2.82. The molecule has 1 aromatic rings. The summed E-state index contributed by atoms with van der Waals surface area (Å²) in [6, 6.07) is 4.54. The number of Topliss-reactive ketones (excluding diaryl/α,β-unsaturated/α-hetero) is 1.